The summed E-state index contributed by atoms with van der Waals surface area (Å²) in [5.74, 6) is -2.49. The number of likely N-dealkylation sites (tertiary alicyclic amines) is 1. The Labute approximate surface area is 209 Å². The van der Waals surface area contributed by atoms with Gasteiger partial charge in [-0.15, -0.1) is 0 Å². The van der Waals surface area contributed by atoms with E-state index >= 15 is 0 Å². The van der Waals surface area contributed by atoms with Crippen LogP contribution in [0.5, 0.6) is 0 Å². The molecule has 2 saturated heterocycles. The molecule has 0 bridgehead atoms. The average molecular weight is 505 g/mol. The lowest BCUT2D eigenvalue weighted by Gasteiger charge is -2.37. The molecule has 0 saturated carbocycles. The van der Waals surface area contributed by atoms with Gasteiger partial charge in [0.05, 0.1) is 12.5 Å². The topological polar surface area (TPSA) is 158 Å². The predicted octanol–water partition coefficient (Wildman–Crippen LogP) is 0.632. The van der Waals surface area contributed by atoms with Crippen LogP contribution in [0.1, 0.15) is 26.7 Å². The van der Waals surface area contributed by atoms with Gasteiger partial charge in [0, 0.05) is 63.9 Å². The third kappa shape index (κ3) is 9.45. The number of carboxylic acid groups (broad SMARTS) is 2. The molecule has 1 atom stereocenters. The van der Waals surface area contributed by atoms with Crippen LogP contribution < -0.4 is 4.90 Å². The smallest absolute Gasteiger partial charge is 0.328 e. The van der Waals surface area contributed by atoms with Gasteiger partial charge in [-0.3, -0.25) is 24.2 Å². The van der Waals surface area contributed by atoms with Crippen molar-refractivity contribution in [2.45, 2.75) is 32.8 Å². The molecule has 1 aromatic rings. The van der Waals surface area contributed by atoms with E-state index in [1.165, 1.54) is 4.90 Å². The molecule has 12 heteroatoms. The number of amides is 2. The van der Waals surface area contributed by atoms with Crippen molar-refractivity contribution in [2.24, 2.45) is 5.92 Å². The van der Waals surface area contributed by atoms with Gasteiger partial charge in [0.25, 0.3) is 0 Å². The standard InChI is InChI=1S/C20H28N4O4.C4H4O4/c1-15(2)20(27)28-16(14-24-18(25)6-7-19(24)26)13-22-9-11-23(12-10-22)17-5-3-4-8-21-17;5-3(6)1-2-4(7)8/h3-5,8,15-16H,6-7,9-14H2,1-2H3;1-2H,(H,5,6)(H,7,8). The number of ether oxygens (including phenoxy) is 1. The van der Waals surface area contributed by atoms with Crippen LogP contribution in [0.3, 0.4) is 0 Å². The van der Waals surface area contributed by atoms with E-state index in [1.807, 2.05) is 18.2 Å². The first kappa shape index (κ1) is 28.4. The van der Waals surface area contributed by atoms with Gasteiger partial charge in [-0.05, 0) is 12.1 Å². The summed E-state index contributed by atoms with van der Waals surface area (Å²) >= 11 is 0. The van der Waals surface area contributed by atoms with Crippen molar-refractivity contribution in [3.05, 3.63) is 36.5 Å². The van der Waals surface area contributed by atoms with E-state index in [4.69, 9.17) is 14.9 Å². The number of carbonyl (C=O) groups excluding carboxylic acids is 3. The zero-order chi connectivity index (χ0) is 26.7. The lowest BCUT2D eigenvalue weighted by molar-refractivity contribution is -0.158. The normalized spacial score (nSPS) is 17.2. The quantitative estimate of drug-likeness (QED) is 0.276. The maximum atomic E-state index is 12.1. The van der Waals surface area contributed by atoms with E-state index in [-0.39, 0.29) is 43.1 Å². The number of rotatable bonds is 9. The van der Waals surface area contributed by atoms with Crippen molar-refractivity contribution in [1.29, 1.82) is 0 Å². The molecule has 12 nitrogen and oxygen atoms in total. The van der Waals surface area contributed by atoms with E-state index in [0.29, 0.717) is 18.7 Å². The second kappa shape index (κ2) is 13.9. The number of carbonyl (C=O) groups is 5. The summed E-state index contributed by atoms with van der Waals surface area (Å²) < 4.78 is 5.63. The Kier molecular flexibility index (Phi) is 11.0. The highest BCUT2D eigenvalue weighted by Crippen LogP contribution is 2.16. The molecule has 0 aliphatic carbocycles. The van der Waals surface area contributed by atoms with E-state index in [9.17, 15) is 24.0 Å². The fraction of sp³-hybridized carbons (Fsp3) is 0.500. The highest BCUT2D eigenvalue weighted by Gasteiger charge is 2.33. The van der Waals surface area contributed by atoms with Crippen LogP contribution in [-0.4, -0.2) is 100 Å². The SMILES string of the molecule is CC(C)C(=O)OC(CN1CCN(c2ccccn2)CC1)CN1C(=O)CCC1=O.O=C(O)C=CC(=O)O. The molecule has 1 unspecified atom stereocenters. The Morgan fingerprint density at radius 1 is 0.972 bits per heavy atom. The Hall–Kier alpha value is -3.80. The van der Waals surface area contributed by atoms with E-state index in [1.54, 1.807) is 20.0 Å². The van der Waals surface area contributed by atoms with Gasteiger partial charge in [0.1, 0.15) is 11.9 Å². The molecule has 1 aromatic heterocycles. The van der Waals surface area contributed by atoms with Crippen LogP contribution in [0.25, 0.3) is 0 Å². The maximum absolute atomic E-state index is 12.1. The summed E-state index contributed by atoms with van der Waals surface area (Å²) in [5.41, 5.74) is 0. The maximum Gasteiger partial charge on any atom is 0.328 e. The Balaban J connectivity index is 0.000000493. The number of aliphatic carboxylic acids is 2. The molecule has 0 spiro atoms. The third-order valence-electron chi connectivity index (χ3n) is 5.47. The zero-order valence-electron chi connectivity index (χ0n) is 20.4. The largest absolute Gasteiger partial charge is 0.478 e. The molecular formula is C24H32N4O8. The third-order valence-corrected chi connectivity index (χ3v) is 5.47. The number of anilines is 1. The van der Waals surface area contributed by atoms with E-state index < -0.39 is 18.0 Å². The first-order chi connectivity index (χ1) is 17.1. The van der Waals surface area contributed by atoms with Gasteiger partial charge >= 0.3 is 17.9 Å². The lowest BCUT2D eigenvalue weighted by atomic mass is 10.2. The summed E-state index contributed by atoms with van der Waals surface area (Å²) in [7, 11) is 0. The average Bonchev–Trinajstić information content (AvgIpc) is 3.16. The number of hydrogen-bond donors (Lipinski definition) is 2. The summed E-state index contributed by atoms with van der Waals surface area (Å²) in [6, 6.07) is 5.86. The zero-order valence-corrected chi connectivity index (χ0v) is 20.4. The Bertz CT molecular complexity index is 926. The van der Waals surface area contributed by atoms with Gasteiger partial charge in [0.2, 0.25) is 11.8 Å². The van der Waals surface area contributed by atoms with Crippen LogP contribution in [0, 0.1) is 5.92 Å². The van der Waals surface area contributed by atoms with Crippen LogP contribution in [0.15, 0.2) is 36.5 Å². The van der Waals surface area contributed by atoms with Gasteiger partial charge in [-0.1, -0.05) is 19.9 Å². The minimum atomic E-state index is -1.26. The summed E-state index contributed by atoms with van der Waals surface area (Å²) in [5, 5.41) is 15.6. The predicted molar refractivity (Wildman–Crippen MR) is 128 cm³/mol. The molecule has 36 heavy (non-hydrogen) atoms. The summed E-state index contributed by atoms with van der Waals surface area (Å²) in [6.45, 7) is 7.44. The van der Waals surface area contributed by atoms with Crippen LogP contribution in [-0.2, 0) is 28.7 Å². The molecule has 2 aliphatic rings. The van der Waals surface area contributed by atoms with Gasteiger partial charge in [0.15, 0.2) is 0 Å². The highest BCUT2D eigenvalue weighted by molar-refractivity contribution is 6.02. The van der Waals surface area contributed by atoms with Crippen LogP contribution >= 0.6 is 0 Å². The molecule has 3 rings (SSSR count). The fourth-order valence-electron chi connectivity index (χ4n) is 3.59. The summed E-state index contributed by atoms with van der Waals surface area (Å²) in [6.07, 6.45) is 2.87. The highest BCUT2D eigenvalue weighted by atomic mass is 16.5. The van der Waals surface area contributed by atoms with Gasteiger partial charge in [-0.25, -0.2) is 14.6 Å². The van der Waals surface area contributed by atoms with Gasteiger partial charge < -0.3 is 19.8 Å². The minimum absolute atomic E-state index is 0.135. The second-order valence-electron chi connectivity index (χ2n) is 8.60. The number of hydrogen-bond acceptors (Lipinski definition) is 9. The number of imide groups is 1. The number of aromatic nitrogens is 1. The van der Waals surface area contributed by atoms with E-state index in [2.05, 4.69) is 14.8 Å². The number of pyridine rings is 1. The Morgan fingerprint density at radius 3 is 2.03 bits per heavy atom. The Morgan fingerprint density at radius 2 is 1.56 bits per heavy atom. The molecule has 2 fully saturated rings. The van der Waals surface area contributed by atoms with Crippen LogP contribution in [0.2, 0.25) is 0 Å². The fourth-order valence-corrected chi connectivity index (χ4v) is 3.59. The van der Waals surface area contributed by atoms with Crippen molar-refractivity contribution in [3.8, 4) is 0 Å². The van der Waals surface area contributed by atoms with E-state index in [0.717, 1.165) is 32.0 Å². The molecule has 3 heterocycles. The molecule has 0 radical (unpaired) electrons. The molecule has 196 valence electrons. The van der Waals surface area contributed by atoms with Gasteiger partial charge in [-0.2, -0.15) is 0 Å². The van der Waals surface area contributed by atoms with Crippen molar-refractivity contribution in [2.75, 3.05) is 44.2 Å². The van der Waals surface area contributed by atoms with Crippen molar-refractivity contribution in [3.63, 3.8) is 0 Å². The van der Waals surface area contributed by atoms with Crippen LogP contribution in [0.4, 0.5) is 5.82 Å². The summed E-state index contributed by atoms with van der Waals surface area (Å²) in [4.78, 5) is 65.2. The number of piperazine rings is 1. The first-order valence-electron chi connectivity index (χ1n) is 11.6. The molecule has 2 amide bonds. The molecule has 2 aliphatic heterocycles. The van der Waals surface area contributed by atoms with Crippen molar-refractivity contribution in [1.82, 2.24) is 14.8 Å². The van der Waals surface area contributed by atoms with Crippen molar-refractivity contribution >= 4 is 35.5 Å². The molecular weight excluding hydrogens is 472 g/mol. The van der Waals surface area contributed by atoms with Crippen molar-refractivity contribution < 1.29 is 38.9 Å². The second-order valence-corrected chi connectivity index (χ2v) is 8.60. The number of nitrogens with zero attached hydrogens (tertiary/aromatic N) is 4. The lowest BCUT2D eigenvalue weighted by Crippen LogP contribution is -2.51. The number of carboxylic acids is 2. The molecule has 0 aromatic carbocycles. The number of esters is 1. The monoisotopic (exact) mass is 504 g/mol. The first-order valence-corrected chi connectivity index (χ1v) is 11.6. The minimum Gasteiger partial charge on any atom is -0.478 e. The molecule has 2 N–H and O–H groups in total.